The van der Waals surface area contributed by atoms with Gasteiger partial charge >= 0.3 is 0 Å². The highest BCUT2D eigenvalue weighted by Gasteiger charge is 2.24. The van der Waals surface area contributed by atoms with Crippen LogP contribution in [-0.4, -0.2) is 26.8 Å². The third-order valence-corrected chi connectivity index (χ3v) is 3.69. The molecule has 2 N–H and O–H groups in total. The van der Waals surface area contributed by atoms with Crippen LogP contribution in [0.4, 0.5) is 0 Å². The van der Waals surface area contributed by atoms with Crippen molar-refractivity contribution in [1.29, 1.82) is 0 Å². The number of nitrogens with zero attached hydrogens (tertiary/aromatic N) is 4. The quantitative estimate of drug-likeness (QED) is 0.791. The van der Waals surface area contributed by atoms with Gasteiger partial charge in [-0.25, -0.2) is 4.68 Å². The maximum Gasteiger partial charge on any atom is 0.154 e. The first kappa shape index (κ1) is 12.5. The van der Waals surface area contributed by atoms with Gasteiger partial charge in [0, 0.05) is 12.5 Å². The number of unbranched alkanes of at least 4 members (excludes halogenated alkanes) is 1. The molecule has 1 aromatic heterocycles. The molecule has 0 spiro atoms. The van der Waals surface area contributed by atoms with Crippen molar-refractivity contribution in [3.63, 3.8) is 0 Å². The van der Waals surface area contributed by atoms with E-state index >= 15 is 0 Å². The second-order valence-corrected chi connectivity index (χ2v) is 5.22. The predicted octanol–water partition coefficient (Wildman–Crippen LogP) is 1.71. The van der Waals surface area contributed by atoms with Gasteiger partial charge in [-0.3, -0.25) is 0 Å². The van der Waals surface area contributed by atoms with E-state index in [1.165, 1.54) is 25.7 Å². The molecule has 0 aromatic carbocycles. The Balaban J connectivity index is 1.97. The van der Waals surface area contributed by atoms with Crippen LogP contribution in [0.25, 0.3) is 0 Å². The van der Waals surface area contributed by atoms with Crippen molar-refractivity contribution in [2.75, 3.05) is 6.54 Å². The van der Waals surface area contributed by atoms with Gasteiger partial charge in [-0.2, -0.15) is 0 Å². The fraction of sp³-hybridized carbons (Fsp3) is 0.917. The van der Waals surface area contributed by atoms with E-state index in [1.807, 2.05) is 4.68 Å². The summed E-state index contributed by atoms with van der Waals surface area (Å²) in [6.07, 6.45) is 7.24. The summed E-state index contributed by atoms with van der Waals surface area (Å²) < 4.78 is 1.98. The Hall–Kier alpha value is -0.970. The van der Waals surface area contributed by atoms with E-state index in [0.717, 1.165) is 37.7 Å². The van der Waals surface area contributed by atoms with E-state index in [-0.39, 0.29) is 0 Å². The third kappa shape index (κ3) is 3.25. The fourth-order valence-electron chi connectivity index (χ4n) is 2.74. The molecule has 1 aliphatic carbocycles. The summed E-state index contributed by atoms with van der Waals surface area (Å²) in [7, 11) is 0. The lowest BCUT2D eigenvalue weighted by atomic mass is 9.82. The van der Waals surface area contributed by atoms with Crippen LogP contribution in [0.1, 0.15) is 57.2 Å². The zero-order chi connectivity index (χ0) is 12.1. The van der Waals surface area contributed by atoms with Crippen LogP contribution in [0, 0.1) is 5.92 Å². The first-order valence-electron chi connectivity index (χ1n) is 6.77. The SMILES string of the molecule is CC1CCCC(c2nnnn2CCCCN)C1. The Morgan fingerprint density at radius 2 is 2.24 bits per heavy atom. The average molecular weight is 237 g/mol. The first-order chi connectivity index (χ1) is 8.31. The van der Waals surface area contributed by atoms with Crippen LogP contribution >= 0.6 is 0 Å². The number of hydrogen-bond acceptors (Lipinski definition) is 4. The van der Waals surface area contributed by atoms with Crippen LogP contribution in [0.3, 0.4) is 0 Å². The van der Waals surface area contributed by atoms with Crippen LogP contribution in [0.15, 0.2) is 0 Å². The van der Waals surface area contributed by atoms with Gasteiger partial charge < -0.3 is 5.73 Å². The Morgan fingerprint density at radius 1 is 1.35 bits per heavy atom. The molecule has 2 atom stereocenters. The minimum Gasteiger partial charge on any atom is -0.330 e. The zero-order valence-corrected chi connectivity index (χ0v) is 10.7. The molecule has 1 aromatic rings. The smallest absolute Gasteiger partial charge is 0.154 e. The van der Waals surface area contributed by atoms with E-state index in [9.17, 15) is 0 Å². The second-order valence-electron chi connectivity index (χ2n) is 5.22. The molecule has 1 heterocycles. The Labute approximate surface area is 103 Å². The van der Waals surface area contributed by atoms with E-state index in [1.54, 1.807) is 0 Å². The molecule has 0 bridgehead atoms. The number of hydrogen-bond donors (Lipinski definition) is 1. The molecule has 0 amide bonds. The summed E-state index contributed by atoms with van der Waals surface area (Å²) in [4.78, 5) is 0. The molecule has 2 rings (SSSR count). The lowest BCUT2D eigenvalue weighted by Crippen LogP contribution is -2.17. The number of tetrazole rings is 1. The van der Waals surface area contributed by atoms with Crippen LogP contribution in [0.5, 0.6) is 0 Å². The molecule has 96 valence electrons. The van der Waals surface area contributed by atoms with Gasteiger partial charge in [-0.05, 0) is 48.6 Å². The Bertz CT molecular complexity index is 335. The highest BCUT2D eigenvalue weighted by molar-refractivity contribution is 4.96. The Morgan fingerprint density at radius 3 is 3.00 bits per heavy atom. The first-order valence-corrected chi connectivity index (χ1v) is 6.77. The topological polar surface area (TPSA) is 69.6 Å². The predicted molar refractivity (Wildman–Crippen MR) is 66.5 cm³/mol. The van der Waals surface area contributed by atoms with Gasteiger partial charge in [-0.1, -0.05) is 19.8 Å². The molecule has 1 saturated carbocycles. The maximum atomic E-state index is 5.51. The number of aryl methyl sites for hydroxylation is 1. The van der Waals surface area contributed by atoms with Crippen molar-refractivity contribution >= 4 is 0 Å². The minimum absolute atomic E-state index is 0.562. The van der Waals surface area contributed by atoms with Gasteiger partial charge in [0.2, 0.25) is 0 Å². The van der Waals surface area contributed by atoms with E-state index in [4.69, 9.17) is 5.73 Å². The summed E-state index contributed by atoms with van der Waals surface area (Å²) in [6.45, 7) is 3.98. The van der Waals surface area contributed by atoms with E-state index < -0.39 is 0 Å². The summed E-state index contributed by atoms with van der Waals surface area (Å²) >= 11 is 0. The Kier molecular flexibility index (Phi) is 4.48. The maximum absolute atomic E-state index is 5.51. The summed E-state index contributed by atoms with van der Waals surface area (Å²) in [5, 5.41) is 12.2. The van der Waals surface area contributed by atoms with Crippen molar-refractivity contribution < 1.29 is 0 Å². The highest BCUT2D eigenvalue weighted by Crippen LogP contribution is 2.34. The van der Waals surface area contributed by atoms with E-state index in [0.29, 0.717) is 5.92 Å². The van der Waals surface area contributed by atoms with Crippen molar-refractivity contribution in [3.05, 3.63) is 5.82 Å². The van der Waals surface area contributed by atoms with Gasteiger partial charge in [0.25, 0.3) is 0 Å². The summed E-state index contributed by atoms with van der Waals surface area (Å²) in [6, 6.07) is 0. The van der Waals surface area contributed by atoms with Gasteiger partial charge in [0.05, 0.1) is 0 Å². The number of nitrogens with two attached hydrogens (primary N) is 1. The molecule has 1 aliphatic rings. The van der Waals surface area contributed by atoms with Crippen LogP contribution in [-0.2, 0) is 6.54 Å². The third-order valence-electron chi connectivity index (χ3n) is 3.69. The van der Waals surface area contributed by atoms with E-state index in [2.05, 4.69) is 22.4 Å². The summed E-state index contributed by atoms with van der Waals surface area (Å²) in [5.41, 5.74) is 5.51. The standard InChI is InChI=1S/C12H23N5/c1-10-5-4-6-11(9-10)12-14-15-16-17(12)8-3-2-7-13/h10-11H,2-9,13H2,1H3. The molecular weight excluding hydrogens is 214 g/mol. The van der Waals surface area contributed by atoms with Gasteiger partial charge in [0.15, 0.2) is 5.82 Å². The zero-order valence-electron chi connectivity index (χ0n) is 10.7. The lowest BCUT2D eigenvalue weighted by molar-refractivity contribution is 0.324. The van der Waals surface area contributed by atoms with Gasteiger partial charge in [0.1, 0.15) is 0 Å². The number of rotatable bonds is 5. The molecule has 2 unspecified atom stereocenters. The molecule has 0 saturated heterocycles. The molecule has 5 nitrogen and oxygen atoms in total. The molecule has 1 fully saturated rings. The monoisotopic (exact) mass is 237 g/mol. The molecule has 5 heteroatoms. The lowest BCUT2D eigenvalue weighted by Gasteiger charge is -2.25. The van der Waals surface area contributed by atoms with Crippen molar-refractivity contribution in [3.8, 4) is 0 Å². The van der Waals surface area contributed by atoms with Crippen molar-refractivity contribution in [1.82, 2.24) is 20.2 Å². The molecule has 0 aliphatic heterocycles. The molecule has 17 heavy (non-hydrogen) atoms. The normalized spacial score (nSPS) is 25.1. The largest absolute Gasteiger partial charge is 0.330 e. The molecular formula is C12H23N5. The second kappa shape index (κ2) is 6.10. The van der Waals surface area contributed by atoms with Gasteiger partial charge in [-0.15, -0.1) is 5.10 Å². The number of aromatic nitrogens is 4. The van der Waals surface area contributed by atoms with Crippen LogP contribution < -0.4 is 5.73 Å². The van der Waals surface area contributed by atoms with Crippen LogP contribution in [0.2, 0.25) is 0 Å². The van der Waals surface area contributed by atoms with Crippen molar-refractivity contribution in [2.24, 2.45) is 11.7 Å². The average Bonchev–Trinajstić information content (AvgIpc) is 2.78. The molecule has 0 radical (unpaired) electrons. The van der Waals surface area contributed by atoms with Crippen molar-refractivity contribution in [2.45, 2.75) is 57.9 Å². The fourth-order valence-corrected chi connectivity index (χ4v) is 2.74. The minimum atomic E-state index is 0.562. The highest BCUT2D eigenvalue weighted by atomic mass is 15.5. The summed E-state index contributed by atoms with van der Waals surface area (Å²) in [5.74, 6) is 2.46.